The van der Waals surface area contributed by atoms with Crippen molar-refractivity contribution >= 4 is 34.8 Å². The van der Waals surface area contributed by atoms with E-state index >= 15 is 8.78 Å². The second kappa shape index (κ2) is 10.6. The summed E-state index contributed by atoms with van der Waals surface area (Å²) >= 11 is 0. The van der Waals surface area contributed by atoms with Gasteiger partial charge >= 0.3 is 0 Å². The van der Waals surface area contributed by atoms with Gasteiger partial charge in [0.15, 0.2) is 8.07 Å². The topological polar surface area (TPSA) is 0 Å². The Morgan fingerprint density at radius 1 is 0.439 bits per heavy atom. The van der Waals surface area contributed by atoms with Gasteiger partial charge in [0.1, 0.15) is 11.6 Å². The predicted octanol–water partition coefficient (Wildman–Crippen LogP) is 9.73. The lowest BCUT2D eigenvalue weighted by Crippen LogP contribution is -2.56. The smallest absolute Gasteiger partial charge is 0.156 e. The number of rotatable bonds is 5. The Morgan fingerprint density at radius 3 is 1.15 bits per heavy atom. The third-order valence-electron chi connectivity index (χ3n) is 8.24. The first kappa shape index (κ1) is 26.9. The van der Waals surface area contributed by atoms with Crippen molar-refractivity contribution in [3.63, 3.8) is 0 Å². The number of allylic oxidation sites excluding steroid dienone is 2. The average molecular weight is 555 g/mol. The van der Waals surface area contributed by atoms with Gasteiger partial charge in [-0.15, -0.1) is 0 Å². The molecule has 1 aliphatic heterocycles. The van der Waals surface area contributed by atoms with E-state index in [1.165, 1.54) is 0 Å². The second-order valence-electron chi connectivity index (χ2n) is 11.6. The largest absolute Gasteiger partial charge is 0.206 e. The van der Waals surface area contributed by atoms with Gasteiger partial charge < -0.3 is 0 Å². The molecule has 0 radical (unpaired) electrons. The van der Waals surface area contributed by atoms with Gasteiger partial charge in [-0.25, -0.2) is 8.78 Å². The average Bonchev–Trinajstić information content (AvgIpc) is 3.32. The van der Waals surface area contributed by atoms with Gasteiger partial charge in [0, 0.05) is 11.1 Å². The SMILES string of the molecule is CC(C)(C)[Si]1(c2ccccc2)C(c2ccccc2F)=C(c2ccccc2)C(c2ccccc2)=C1c1ccccc1F. The zero-order valence-corrected chi connectivity index (χ0v) is 24.5. The molecule has 41 heavy (non-hydrogen) atoms. The van der Waals surface area contributed by atoms with E-state index in [1.54, 1.807) is 24.3 Å². The summed E-state index contributed by atoms with van der Waals surface area (Å²) < 4.78 is 32.4. The first-order chi connectivity index (χ1) is 19.9. The van der Waals surface area contributed by atoms with Crippen LogP contribution in [0.2, 0.25) is 5.04 Å². The molecule has 0 fully saturated rings. The van der Waals surface area contributed by atoms with Crippen molar-refractivity contribution in [2.45, 2.75) is 25.8 Å². The molecule has 0 nitrogen and oxygen atoms in total. The van der Waals surface area contributed by atoms with Crippen molar-refractivity contribution in [1.29, 1.82) is 0 Å². The van der Waals surface area contributed by atoms with Crippen molar-refractivity contribution in [3.8, 4) is 0 Å². The minimum absolute atomic E-state index is 0.268. The number of benzene rings is 5. The summed E-state index contributed by atoms with van der Waals surface area (Å²) in [6.45, 7) is 6.72. The van der Waals surface area contributed by atoms with Gasteiger partial charge in [-0.1, -0.05) is 148 Å². The molecule has 0 aliphatic carbocycles. The van der Waals surface area contributed by atoms with Crippen LogP contribution in [0, 0.1) is 11.6 Å². The fraction of sp³-hybridized carbons (Fsp3) is 0.105. The van der Waals surface area contributed by atoms with E-state index in [0.717, 1.165) is 37.9 Å². The van der Waals surface area contributed by atoms with Crippen LogP contribution in [0.25, 0.3) is 21.5 Å². The Bertz CT molecular complexity index is 1660. The first-order valence-corrected chi connectivity index (χ1v) is 16.0. The van der Waals surface area contributed by atoms with Crippen molar-refractivity contribution < 1.29 is 8.78 Å². The monoisotopic (exact) mass is 554 g/mol. The molecule has 6 rings (SSSR count). The quantitative estimate of drug-likeness (QED) is 0.190. The Hall–Kier alpha value is -4.34. The fourth-order valence-corrected chi connectivity index (χ4v) is 13.1. The molecule has 202 valence electrons. The molecular formula is C38H32F2Si. The molecule has 5 aromatic rings. The van der Waals surface area contributed by atoms with E-state index in [1.807, 2.05) is 66.7 Å². The van der Waals surface area contributed by atoms with E-state index in [2.05, 4.69) is 69.3 Å². The Labute approximate surface area is 242 Å². The van der Waals surface area contributed by atoms with E-state index in [-0.39, 0.29) is 16.7 Å². The van der Waals surface area contributed by atoms with Crippen LogP contribution in [0.15, 0.2) is 140 Å². The van der Waals surface area contributed by atoms with Crippen molar-refractivity contribution in [2.75, 3.05) is 0 Å². The van der Waals surface area contributed by atoms with E-state index in [9.17, 15) is 0 Å². The highest BCUT2D eigenvalue weighted by atomic mass is 28.3. The lowest BCUT2D eigenvalue weighted by Gasteiger charge is -2.45. The molecule has 0 saturated heterocycles. The van der Waals surface area contributed by atoms with Crippen molar-refractivity contribution in [2.24, 2.45) is 0 Å². The summed E-state index contributed by atoms with van der Waals surface area (Å²) in [6, 6.07) is 45.1. The Balaban J connectivity index is 1.95. The second-order valence-corrected chi connectivity index (χ2v) is 16.1. The number of halogens is 2. The molecule has 0 unspecified atom stereocenters. The van der Waals surface area contributed by atoms with Crippen LogP contribution < -0.4 is 5.19 Å². The zero-order chi connectivity index (χ0) is 28.6. The molecule has 0 bridgehead atoms. The summed E-state index contributed by atoms with van der Waals surface area (Å²) in [6.07, 6.45) is 0. The number of hydrogen-bond acceptors (Lipinski definition) is 0. The van der Waals surface area contributed by atoms with Gasteiger partial charge in [0.05, 0.1) is 0 Å². The molecular weight excluding hydrogens is 523 g/mol. The maximum Gasteiger partial charge on any atom is 0.156 e. The maximum atomic E-state index is 16.2. The highest BCUT2D eigenvalue weighted by Gasteiger charge is 2.59. The lowest BCUT2D eigenvalue weighted by molar-refractivity contribution is 0.624. The Morgan fingerprint density at radius 2 is 0.780 bits per heavy atom. The van der Waals surface area contributed by atoms with Gasteiger partial charge in [0.25, 0.3) is 0 Å². The summed E-state index contributed by atoms with van der Waals surface area (Å²) in [5, 5.41) is 2.72. The highest BCUT2D eigenvalue weighted by molar-refractivity contribution is 7.23. The molecule has 3 heteroatoms. The Kier molecular flexibility index (Phi) is 6.92. The van der Waals surface area contributed by atoms with Crippen LogP contribution >= 0.6 is 0 Å². The van der Waals surface area contributed by atoms with E-state index in [4.69, 9.17) is 0 Å². The normalized spacial score (nSPS) is 15.0. The summed E-state index contributed by atoms with van der Waals surface area (Å²) in [5.74, 6) is -0.537. The molecule has 0 amide bonds. The molecule has 0 atom stereocenters. The van der Waals surface area contributed by atoms with Crippen LogP contribution in [-0.4, -0.2) is 8.07 Å². The van der Waals surface area contributed by atoms with Crippen LogP contribution in [0.4, 0.5) is 8.78 Å². The predicted molar refractivity (Wildman–Crippen MR) is 171 cm³/mol. The minimum atomic E-state index is -3.23. The van der Waals surface area contributed by atoms with Crippen LogP contribution in [0.3, 0.4) is 0 Å². The molecule has 0 aromatic heterocycles. The van der Waals surface area contributed by atoms with E-state index < -0.39 is 8.07 Å². The lowest BCUT2D eigenvalue weighted by atomic mass is 9.89. The standard InChI is InChI=1S/C38H32F2Si/c1-38(2,3)41(29-21-11-6-12-22-29)36(30-23-13-15-25-32(30)39)34(27-17-7-4-8-18-27)35(28-19-9-5-10-20-28)37(41)31-24-14-16-26-33(31)40/h4-26H,1-3H3. The van der Waals surface area contributed by atoms with E-state index in [0.29, 0.717) is 11.1 Å². The first-order valence-electron chi connectivity index (χ1n) is 14.0. The summed E-state index contributed by atoms with van der Waals surface area (Å²) in [7, 11) is -3.23. The number of hydrogen-bond donors (Lipinski definition) is 0. The third-order valence-corrected chi connectivity index (χ3v) is 14.2. The molecule has 1 aliphatic rings. The molecule has 1 heterocycles. The molecule has 0 saturated carbocycles. The van der Waals surface area contributed by atoms with Gasteiger partial charge in [-0.05, 0) is 55.0 Å². The van der Waals surface area contributed by atoms with Gasteiger partial charge in [-0.2, -0.15) is 0 Å². The van der Waals surface area contributed by atoms with Crippen LogP contribution in [-0.2, 0) is 0 Å². The third kappa shape index (κ3) is 4.32. The van der Waals surface area contributed by atoms with Crippen molar-refractivity contribution in [3.05, 3.63) is 173 Å². The van der Waals surface area contributed by atoms with Crippen molar-refractivity contribution in [1.82, 2.24) is 0 Å². The molecule has 0 spiro atoms. The molecule has 0 N–H and O–H groups in total. The zero-order valence-electron chi connectivity index (χ0n) is 23.5. The summed E-state index contributed by atoms with van der Waals surface area (Å²) in [4.78, 5) is 0. The summed E-state index contributed by atoms with van der Waals surface area (Å²) in [5.41, 5.74) is 5.10. The maximum absolute atomic E-state index is 16.2. The fourth-order valence-electron chi connectivity index (χ4n) is 6.70. The van der Waals surface area contributed by atoms with Gasteiger partial charge in [-0.3, -0.25) is 0 Å². The van der Waals surface area contributed by atoms with Crippen LogP contribution in [0.1, 0.15) is 43.0 Å². The molecule has 5 aromatic carbocycles. The van der Waals surface area contributed by atoms with Crippen LogP contribution in [0.5, 0.6) is 0 Å². The highest BCUT2D eigenvalue weighted by Crippen LogP contribution is 2.62. The van der Waals surface area contributed by atoms with Gasteiger partial charge in [0.2, 0.25) is 0 Å². The minimum Gasteiger partial charge on any atom is -0.206 e.